The summed E-state index contributed by atoms with van der Waals surface area (Å²) < 4.78 is 5.53. The van der Waals surface area contributed by atoms with Gasteiger partial charge in [0.25, 0.3) is 0 Å². The summed E-state index contributed by atoms with van der Waals surface area (Å²) in [7, 11) is 3.43. The molecule has 1 aliphatic rings. The van der Waals surface area contributed by atoms with Gasteiger partial charge in [0.2, 0.25) is 11.8 Å². The fraction of sp³-hybridized carbons (Fsp3) is 0.857. The third kappa shape index (κ3) is 7.08. The smallest absolute Gasteiger partial charge is 0.323 e. The average molecular weight is 398 g/mol. The predicted octanol–water partition coefficient (Wildman–Crippen LogP) is 2.09. The zero-order chi connectivity index (χ0) is 21.6. The zero-order valence-corrected chi connectivity index (χ0v) is 18.8. The summed E-state index contributed by atoms with van der Waals surface area (Å²) in [4.78, 5) is 38.9. The Bertz CT molecular complexity index is 552. The van der Waals surface area contributed by atoms with Crippen LogP contribution in [-0.2, 0) is 19.1 Å². The molecule has 4 atom stereocenters. The summed E-state index contributed by atoms with van der Waals surface area (Å²) in [5.74, 6) is -0.471. The molecule has 0 saturated carbocycles. The van der Waals surface area contributed by atoms with E-state index in [4.69, 9.17) is 4.74 Å². The normalized spacial score (nSPS) is 23.4. The molecule has 1 saturated heterocycles. The first-order valence-electron chi connectivity index (χ1n) is 10.4. The Morgan fingerprint density at radius 1 is 1.18 bits per heavy atom. The summed E-state index contributed by atoms with van der Waals surface area (Å²) in [6, 6.07) is -1.09. The quantitative estimate of drug-likeness (QED) is 0.613. The Hall–Kier alpha value is -1.63. The molecule has 1 fully saturated rings. The Morgan fingerprint density at radius 2 is 1.75 bits per heavy atom. The van der Waals surface area contributed by atoms with Gasteiger partial charge in [-0.15, -0.1) is 0 Å². The highest BCUT2D eigenvalue weighted by atomic mass is 16.6. The van der Waals surface area contributed by atoms with Crippen molar-refractivity contribution in [3.63, 3.8) is 0 Å². The molecule has 0 bridgehead atoms. The van der Waals surface area contributed by atoms with Gasteiger partial charge in [0, 0.05) is 33.1 Å². The number of carbonyl (C=O) groups is 3. The van der Waals surface area contributed by atoms with Gasteiger partial charge >= 0.3 is 5.97 Å². The molecule has 7 heteroatoms. The number of esters is 1. The van der Waals surface area contributed by atoms with Crippen molar-refractivity contribution in [3.8, 4) is 0 Å². The van der Waals surface area contributed by atoms with Crippen LogP contribution in [0.4, 0.5) is 0 Å². The summed E-state index contributed by atoms with van der Waals surface area (Å²) >= 11 is 0. The predicted molar refractivity (Wildman–Crippen MR) is 110 cm³/mol. The molecular formula is C21H39N3O4. The third-order valence-corrected chi connectivity index (χ3v) is 5.33. The first kappa shape index (κ1) is 24.4. The number of amides is 2. The van der Waals surface area contributed by atoms with Crippen LogP contribution in [0.25, 0.3) is 0 Å². The van der Waals surface area contributed by atoms with E-state index in [1.165, 1.54) is 6.92 Å². The molecule has 0 aromatic heterocycles. The first-order chi connectivity index (χ1) is 12.9. The number of hydrogen-bond acceptors (Lipinski definition) is 5. The SMILES string of the molecule is CCC(CC)C[C@H](NC(C)=O)[C@@H]1N[C@@H](C(=O)OC(C)(C)C)C[C@H]1C(=O)N(C)C. The molecule has 0 aliphatic carbocycles. The van der Waals surface area contributed by atoms with E-state index in [1.807, 2.05) is 20.8 Å². The standard InChI is InChI=1S/C21H39N3O4/c1-9-14(10-2)11-16(22-13(3)25)18-15(19(26)24(7)8)12-17(23-18)20(27)28-21(4,5)6/h14-18,23H,9-12H2,1-8H3,(H,22,25)/t15-,16+,17-,18-/m1/s1. The van der Waals surface area contributed by atoms with Crippen molar-refractivity contribution in [2.24, 2.45) is 11.8 Å². The van der Waals surface area contributed by atoms with Crippen LogP contribution in [0.1, 0.15) is 67.2 Å². The van der Waals surface area contributed by atoms with Crippen LogP contribution in [0.3, 0.4) is 0 Å². The van der Waals surface area contributed by atoms with E-state index in [-0.39, 0.29) is 29.9 Å². The van der Waals surface area contributed by atoms with Gasteiger partial charge in [0.05, 0.1) is 5.92 Å². The van der Waals surface area contributed by atoms with Gasteiger partial charge in [-0.25, -0.2) is 0 Å². The molecule has 0 radical (unpaired) electrons. The van der Waals surface area contributed by atoms with E-state index in [2.05, 4.69) is 24.5 Å². The molecule has 1 heterocycles. The fourth-order valence-electron chi connectivity index (χ4n) is 3.87. The maximum absolute atomic E-state index is 12.8. The molecule has 28 heavy (non-hydrogen) atoms. The minimum atomic E-state index is -0.593. The van der Waals surface area contributed by atoms with Crippen molar-refractivity contribution in [2.75, 3.05) is 14.1 Å². The summed E-state index contributed by atoms with van der Waals surface area (Å²) in [6.45, 7) is 11.2. The third-order valence-electron chi connectivity index (χ3n) is 5.33. The minimum absolute atomic E-state index is 0.0385. The summed E-state index contributed by atoms with van der Waals surface area (Å²) in [6.07, 6.45) is 3.14. The Labute approximate surface area is 169 Å². The largest absolute Gasteiger partial charge is 0.459 e. The van der Waals surface area contributed by atoms with Crippen molar-refractivity contribution in [1.82, 2.24) is 15.5 Å². The number of carbonyl (C=O) groups excluding carboxylic acids is 3. The van der Waals surface area contributed by atoms with Gasteiger partial charge in [-0.2, -0.15) is 0 Å². The van der Waals surface area contributed by atoms with Gasteiger partial charge in [0.1, 0.15) is 11.6 Å². The second-order valence-corrected chi connectivity index (χ2v) is 9.08. The second kappa shape index (κ2) is 10.2. The van der Waals surface area contributed by atoms with Crippen LogP contribution in [-0.4, -0.2) is 60.5 Å². The summed E-state index contributed by atoms with van der Waals surface area (Å²) in [5, 5.41) is 6.35. The van der Waals surface area contributed by atoms with E-state index >= 15 is 0 Å². The lowest BCUT2D eigenvalue weighted by Gasteiger charge is -2.32. The number of hydrogen-bond donors (Lipinski definition) is 2. The highest BCUT2D eigenvalue weighted by molar-refractivity contribution is 5.83. The van der Waals surface area contributed by atoms with Gasteiger partial charge in [-0.05, 0) is 39.5 Å². The van der Waals surface area contributed by atoms with Crippen LogP contribution in [0.15, 0.2) is 0 Å². The number of ether oxygens (including phenoxy) is 1. The topological polar surface area (TPSA) is 87.7 Å². The van der Waals surface area contributed by atoms with Gasteiger partial charge < -0.3 is 15.0 Å². The summed E-state index contributed by atoms with van der Waals surface area (Å²) in [5.41, 5.74) is -0.593. The lowest BCUT2D eigenvalue weighted by molar-refractivity contribution is -0.157. The van der Waals surface area contributed by atoms with E-state index in [0.717, 1.165) is 19.3 Å². The monoisotopic (exact) mass is 397 g/mol. The molecule has 162 valence electrons. The van der Waals surface area contributed by atoms with Crippen molar-refractivity contribution < 1.29 is 19.1 Å². The van der Waals surface area contributed by atoms with Crippen LogP contribution >= 0.6 is 0 Å². The highest BCUT2D eigenvalue weighted by Gasteiger charge is 2.46. The average Bonchev–Trinajstić information content (AvgIpc) is 3.01. The van der Waals surface area contributed by atoms with Gasteiger partial charge in [-0.3, -0.25) is 19.7 Å². The molecule has 0 aromatic rings. The van der Waals surface area contributed by atoms with Crippen molar-refractivity contribution in [3.05, 3.63) is 0 Å². The van der Waals surface area contributed by atoms with Crippen LogP contribution in [0, 0.1) is 11.8 Å². The fourth-order valence-corrected chi connectivity index (χ4v) is 3.87. The molecule has 0 spiro atoms. The highest BCUT2D eigenvalue weighted by Crippen LogP contribution is 2.30. The Morgan fingerprint density at radius 3 is 2.18 bits per heavy atom. The Kier molecular flexibility index (Phi) is 8.92. The molecule has 2 N–H and O–H groups in total. The van der Waals surface area contributed by atoms with E-state index in [9.17, 15) is 14.4 Å². The zero-order valence-electron chi connectivity index (χ0n) is 18.8. The van der Waals surface area contributed by atoms with Crippen molar-refractivity contribution >= 4 is 17.8 Å². The van der Waals surface area contributed by atoms with E-state index < -0.39 is 17.6 Å². The molecule has 2 amide bonds. The first-order valence-corrected chi connectivity index (χ1v) is 10.4. The molecule has 1 rings (SSSR count). The van der Waals surface area contributed by atoms with Gasteiger partial charge in [-0.1, -0.05) is 26.7 Å². The van der Waals surface area contributed by atoms with Crippen molar-refractivity contribution in [1.29, 1.82) is 0 Å². The molecule has 1 aliphatic heterocycles. The van der Waals surface area contributed by atoms with Crippen molar-refractivity contribution in [2.45, 2.75) is 91.0 Å². The number of nitrogens with one attached hydrogen (secondary N) is 2. The number of rotatable bonds is 8. The number of nitrogens with zero attached hydrogens (tertiary/aromatic N) is 1. The lowest BCUT2D eigenvalue weighted by atomic mass is 9.85. The Balaban J connectivity index is 3.12. The van der Waals surface area contributed by atoms with Crippen LogP contribution in [0.5, 0.6) is 0 Å². The second-order valence-electron chi connectivity index (χ2n) is 9.08. The maximum atomic E-state index is 12.8. The minimum Gasteiger partial charge on any atom is -0.459 e. The molecule has 0 unspecified atom stereocenters. The molecule has 0 aromatic carbocycles. The van der Waals surface area contributed by atoms with E-state index in [0.29, 0.717) is 12.3 Å². The van der Waals surface area contributed by atoms with Crippen LogP contribution < -0.4 is 10.6 Å². The van der Waals surface area contributed by atoms with Crippen LogP contribution in [0.2, 0.25) is 0 Å². The van der Waals surface area contributed by atoms with Gasteiger partial charge in [0.15, 0.2) is 0 Å². The maximum Gasteiger partial charge on any atom is 0.323 e. The lowest BCUT2D eigenvalue weighted by Crippen LogP contribution is -2.54. The molecular weight excluding hydrogens is 358 g/mol. The molecule has 7 nitrogen and oxygen atoms in total. The van der Waals surface area contributed by atoms with E-state index in [1.54, 1.807) is 19.0 Å².